The summed E-state index contributed by atoms with van der Waals surface area (Å²) in [5.41, 5.74) is 0.372. The number of anilines is 2. The van der Waals surface area contributed by atoms with E-state index in [-0.39, 0.29) is 35.6 Å². The lowest BCUT2D eigenvalue weighted by molar-refractivity contribution is 0.0662. The van der Waals surface area contributed by atoms with Crippen LogP contribution in [0.2, 0.25) is 0 Å². The zero-order valence-electron chi connectivity index (χ0n) is 17.8. The van der Waals surface area contributed by atoms with Crippen LogP contribution in [0.25, 0.3) is 11.3 Å². The molecule has 0 amide bonds. The zero-order valence-corrected chi connectivity index (χ0v) is 17.8. The molecule has 1 N–H and O–H groups in total. The molecule has 1 saturated carbocycles. The minimum Gasteiger partial charge on any atom is -0.489 e. The second kappa shape index (κ2) is 8.75. The number of ether oxygens (including phenoxy) is 2. The van der Waals surface area contributed by atoms with E-state index < -0.39 is 17.0 Å². The van der Waals surface area contributed by atoms with Gasteiger partial charge in [0.25, 0.3) is 0 Å². The van der Waals surface area contributed by atoms with Gasteiger partial charge in [-0.15, -0.1) is 0 Å². The first-order valence-electron chi connectivity index (χ1n) is 10.8. The molecule has 33 heavy (non-hydrogen) atoms. The van der Waals surface area contributed by atoms with E-state index in [4.69, 9.17) is 14.7 Å². The van der Waals surface area contributed by atoms with Crippen LogP contribution in [0.5, 0.6) is 5.75 Å². The second-order valence-corrected chi connectivity index (χ2v) is 8.39. The summed E-state index contributed by atoms with van der Waals surface area (Å²) in [4.78, 5) is 8.23. The highest BCUT2D eigenvalue weighted by atomic mass is 19.1. The first-order chi connectivity index (χ1) is 16.0. The first-order valence-corrected chi connectivity index (χ1v) is 10.8. The van der Waals surface area contributed by atoms with Gasteiger partial charge in [-0.05, 0) is 43.9 Å². The summed E-state index contributed by atoms with van der Waals surface area (Å²) in [6.07, 6.45) is 7.82. The van der Waals surface area contributed by atoms with Gasteiger partial charge in [0.1, 0.15) is 12.3 Å². The van der Waals surface area contributed by atoms with Gasteiger partial charge < -0.3 is 14.8 Å². The summed E-state index contributed by atoms with van der Waals surface area (Å²) in [6.45, 7) is 1.55. The molecule has 0 radical (unpaired) electrons. The van der Waals surface area contributed by atoms with Gasteiger partial charge in [-0.25, -0.2) is 18.7 Å². The predicted octanol–water partition coefficient (Wildman–Crippen LogP) is 4.40. The van der Waals surface area contributed by atoms with Crippen molar-refractivity contribution in [3.8, 4) is 23.1 Å². The van der Waals surface area contributed by atoms with Crippen molar-refractivity contribution in [2.75, 3.05) is 25.1 Å². The summed E-state index contributed by atoms with van der Waals surface area (Å²) in [6, 6.07) is 6.59. The van der Waals surface area contributed by atoms with Gasteiger partial charge in [0, 0.05) is 25.0 Å². The van der Waals surface area contributed by atoms with E-state index >= 15 is 0 Å². The summed E-state index contributed by atoms with van der Waals surface area (Å²) >= 11 is 0. The molecule has 10 heteroatoms. The first kappa shape index (κ1) is 21.3. The molecule has 2 aromatic heterocycles. The maximum Gasteiger partial charge on any atom is 0.228 e. The monoisotopic (exact) mass is 452 g/mol. The number of nitrogens with zero attached hydrogens (tertiary/aromatic N) is 5. The highest BCUT2D eigenvalue weighted by molar-refractivity contribution is 5.63. The minimum atomic E-state index is -0.673. The minimum absolute atomic E-state index is 0.0219. The third-order valence-corrected chi connectivity index (χ3v) is 5.97. The SMILES string of the molecule is N#CC1(COc2ccc(-c3nc(Nc4cnn(C5CCOCC5)c4)ncc3F)cc2F)CC1. The molecule has 0 unspecified atom stereocenters. The number of hydrogen-bond donors (Lipinski definition) is 1. The van der Waals surface area contributed by atoms with Crippen LogP contribution in [0.1, 0.15) is 31.7 Å². The highest BCUT2D eigenvalue weighted by Gasteiger charge is 2.44. The van der Waals surface area contributed by atoms with Gasteiger partial charge in [0.15, 0.2) is 17.4 Å². The number of nitrogens with one attached hydrogen (secondary N) is 1. The number of rotatable bonds is 7. The van der Waals surface area contributed by atoms with E-state index in [1.54, 1.807) is 6.20 Å². The van der Waals surface area contributed by atoms with Crippen molar-refractivity contribution in [1.82, 2.24) is 19.7 Å². The van der Waals surface area contributed by atoms with Gasteiger partial charge >= 0.3 is 0 Å². The summed E-state index contributed by atoms with van der Waals surface area (Å²) in [5, 5.41) is 16.5. The predicted molar refractivity (Wildman–Crippen MR) is 115 cm³/mol. The average molecular weight is 452 g/mol. The van der Waals surface area contributed by atoms with Crippen LogP contribution in [0.3, 0.4) is 0 Å². The Bertz CT molecular complexity index is 1200. The van der Waals surface area contributed by atoms with Crippen molar-refractivity contribution in [2.24, 2.45) is 5.41 Å². The fraction of sp³-hybridized carbons (Fsp3) is 0.391. The Balaban J connectivity index is 1.31. The molecular weight excluding hydrogens is 430 g/mol. The fourth-order valence-electron chi connectivity index (χ4n) is 3.73. The second-order valence-electron chi connectivity index (χ2n) is 8.39. The molecule has 8 nitrogen and oxygen atoms in total. The fourth-order valence-corrected chi connectivity index (χ4v) is 3.73. The largest absolute Gasteiger partial charge is 0.489 e. The average Bonchev–Trinajstić information content (AvgIpc) is 3.48. The van der Waals surface area contributed by atoms with Crippen LogP contribution >= 0.6 is 0 Å². The van der Waals surface area contributed by atoms with Crippen LogP contribution in [0, 0.1) is 28.4 Å². The Hall–Kier alpha value is -3.58. The lowest BCUT2D eigenvalue weighted by Gasteiger charge is -2.22. The van der Waals surface area contributed by atoms with Gasteiger partial charge in [0.05, 0.1) is 35.6 Å². The molecule has 2 aliphatic rings. The molecule has 1 aliphatic heterocycles. The summed E-state index contributed by atoms with van der Waals surface area (Å²) in [7, 11) is 0. The molecule has 1 saturated heterocycles. The molecule has 5 rings (SSSR count). The molecular formula is C23H22F2N6O2. The maximum atomic E-state index is 14.6. The Morgan fingerprint density at radius 3 is 2.76 bits per heavy atom. The van der Waals surface area contributed by atoms with Crippen molar-refractivity contribution in [2.45, 2.75) is 31.7 Å². The third kappa shape index (κ3) is 4.64. The number of halogens is 2. The van der Waals surface area contributed by atoms with Gasteiger partial charge in [0.2, 0.25) is 5.95 Å². The molecule has 1 aliphatic carbocycles. The Morgan fingerprint density at radius 2 is 2.03 bits per heavy atom. The Morgan fingerprint density at radius 1 is 1.21 bits per heavy atom. The molecule has 170 valence electrons. The van der Waals surface area contributed by atoms with Crippen LogP contribution in [0.4, 0.5) is 20.4 Å². The van der Waals surface area contributed by atoms with Crippen molar-refractivity contribution >= 4 is 11.6 Å². The third-order valence-electron chi connectivity index (χ3n) is 5.97. The molecule has 0 spiro atoms. The van der Waals surface area contributed by atoms with E-state index in [0.29, 0.717) is 18.9 Å². The lowest BCUT2D eigenvalue weighted by atomic mass is 10.1. The zero-order chi connectivity index (χ0) is 22.8. The number of nitriles is 1. The molecule has 0 atom stereocenters. The van der Waals surface area contributed by atoms with Gasteiger partial charge in [-0.2, -0.15) is 10.4 Å². The number of aromatic nitrogens is 4. The van der Waals surface area contributed by atoms with E-state index in [9.17, 15) is 8.78 Å². The molecule has 0 bridgehead atoms. The van der Waals surface area contributed by atoms with Crippen LogP contribution in [0.15, 0.2) is 36.8 Å². The summed E-state index contributed by atoms with van der Waals surface area (Å²) < 4.78 is 41.8. The van der Waals surface area contributed by atoms with E-state index in [2.05, 4.69) is 26.5 Å². The lowest BCUT2D eigenvalue weighted by Crippen LogP contribution is -2.19. The number of hydrogen-bond acceptors (Lipinski definition) is 7. The smallest absolute Gasteiger partial charge is 0.228 e. The summed E-state index contributed by atoms with van der Waals surface area (Å²) in [5.74, 6) is -1.13. The van der Waals surface area contributed by atoms with Gasteiger partial charge in [-0.3, -0.25) is 4.68 Å². The van der Waals surface area contributed by atoms with E-state index in [0.717, 1.165) is 31.9 Å². The Kier molecular flexibility index (Phi) is 5.64. The molecule has 3 heterocycles. The van der Waals surface area contributed by atoms with E-state index in [1.165, 1.54) is 18.2 Å². The van der Waals surface area contributed by atoms with Crippen molar-refractivity contribution in [1.29, 1.82) is 5.26 Å². The van der Waals surface area contributed by atoms with Crippen molar-refractivity contribution in [3.05, 3.63) is 48.4 Å². The Labute approximate surface area is 189 Å². The van der Waals surface area contributed by atoms with Crippen LogP contribution < -0.4 is 10.1 Å². The normalized spacial score (nSPS) is 17.4. The molecule has 1 aromatic carbocycles. The quantitative estimate of drug-likeness (QED) is 0.568. The van der Waals surface area contributed by atoms with Crippen molar-refractivity contribution < 1.29 is 18.3 Å². The maximum absolute atomic E-state index is 14.6. The van der Waals surface area contributed by atoms with Crippen LogP contribution in [-0.2, 0) is 4.74 Å². The molecule has 2 fully saturated rings. The van der Waals surface area contributed by atoms with Crippen LogP contribution in [-0.4, -0.2) is 39.6 Å². The topological polar surface area (TPSA) is 97.9 Å². The highest BCUT2D eigenvalue weighted by Crippen LogP contribution is 2.45. The number of benzene rings is 1. The molecule has 3 aromatic rings. The standard InChI is InChI=1S/C23H22F2N6O2/c24-18-9-15(1-2-20(18)33-14-23(13-26)5-6-23)21-19(25)11-27-22(30-21)29-16-10-28-31(12-16)17-3-7-32-8-4-17/h1-2,9-12,17H,3-8,14H2,(H,27,29,30). The van der Waals surface area contributed by atoms with E-state index in [1.807, 2.05) is 10.9 Å². The van der Waals surface area contributed by atoms with Gasteiger partial charge in [-0.1, -0.05) is 0 Å². The van der Waals surface area contributed by atoms with Crippen molar-refractivity contribution in [3.63, 3.8) is 0 Å².